The first-order chi connectivity index (χ1) is 7.23. The van der Waals surface area contributed by atoms with Crippen LogP contribution in [-0.2, 0) is 0 Å². The van der Waals surface area contributed by atoms with Gasteiger partial charge in [-0.1, -0.05) is 26.2 Å². The van der Waals surface area contributed by atoms with E-state index in [9.17, 15) is 0 Å². The van der Waals surface area contributed by atoms with Gasteiger partial charge in [0.2, 0.25) is 0 Å². The van der Waals surface area contributed by atoms with Crippen LogP contribution in [0.5, 0.6) is 0 Å². The highest BCUT2D eigenvalue weighted by molar-refractivity contribution is 4.92. The highest BCUT2D eigenvalue weighted by Crippen LogP contribution is 2.26. The normalized spacial score (nSPS) is 35.6. The SMILES string of the molecule is CCC1(C)CN(C2CCCCC2)CCN1. The molecule has 0 aromatic carbocycles. The van der Waals surface area contributed by atoms with Crippen LogP contribution in [-0.4, -0.2) is 36.1 Å². The Hall–Kier alpha value is -0.0800. The second-order valence-electron chi connectivity index (χ2n) is 5.60. The van der Waals surface area contributed by atoms with Crippen LogP contribution in [0.1, 0.15) is 52.4 Å². The van der Waals surface area contributed by atoms with Crippen molar-refractivity contribution in [3.63, 3.8) is 0 Å². The van der Waals surface area contributed by atoms with Crippen molar-refractivity contribution in [2.75, 3.05) is 19.6 Å². The van der Waals surface area contributed by atoms with Gasteiger partial charge >= 0.3 is 0 Å². The molecule has 0 radical (unpaired) electrons. The van der Waals surface area contributed by atoms with Crippen LogP contribution < -0.4 is 5.32 Å². The summed E-state index contributed by atoms with van der Waals surface area (Å²) in [6, 6.07) is 0.895. The van der Waals surface area contributed by atoms with Gasteiger partial charge < -0.3 is 5.32 Å². The number of rotatable bonds is 2. The van der Waals surface area contributed by atoms with E-state index in [0.29, 0.717) is 5.54 Å². The maximum atomic E-state index is 3.67. The summed E-state index contributed by atoms with van der Waals surface area (Å²) in [5, 5.41) is 3.67. The minimum absolute atomic E-state index is 0.371. The fourth-order valence-electron chi connectivity index (χ4n) is 3.08. The van der Waals surface area contributed by atoms with Gasteiger partial charge in [0.15, 0.2) is 0 Å². The third kappa shape index (κ3) is 2.73. The van der Waals surface area contributed by atoms with E-state index in [1.165, 1.54) is 58.2 Å². The zero-order chi connectivity index (χ0) is 10.7. The quantitative estimate of drug-likeness (QED) is 0.753. The van der Waals surface area contributed by atoms with Crippen LogP contribution >= 0.6 is 0 Å². The number of nitrogens with one attached hydrogen (secondary N) is 1. The summed E-state index contributed by atoms with van der Waals surface area (Å²) in [5.74, 6) is 0. The van der Waals surface area contributed by atoms with Gasteiger partial charge in [-0.05, 0) is 26.2 Å². The molecule has 2 nitrogen and oxygen atoms in total. The van der Waals surface area contributed by atoms with E-state index in [1.807, 2.05) is 0 Å². The zero-order valence-electron chi connectivity index (χ0n) is 10.4. The molecule has 0 amide bonds. The Morgan fingerprint density at radius 3 is 2.67 bits per heavy atom. The van der Waals surface area contributed by atoms with Crippen LogP contribution in [0.25, 0.3) is 0 Å². The highest BCUT2D eigenvalue weighted by atomic mass is 15.2. The second kappa shape index (κ2) is 4.84. The molecule has 0 aromatic heterocycles. The van der Waals surface area contributed by atoms with Crippen molar-refractivity contribution in [1.82, 2.24) is 10.2 Å². The first kappa shape index (κ1) is 11.4. The molecule has 1 N–H and O–H groups in total. The van der Waals surface area contributed by atoms with Gasteiger partial charge in [0, 0.05) is 31.2 Å². The van der Waals surface area contributed by atoms with Gasteiger partial charge in [-0.25, -0.2) is 0 Å². The second-order valence-corrected chi connectivity index (χ2v) is 5.60. The Morgan fingerprint density at radius 1 is 1.27 bits per heavy atom. The monoisotopic (exact) mass is 210 g/mol. The first-order valence-electron chi connectivity index (χ1n) is 6.72. The molecule has 88 valence electrons. The average molecular weight is 210 g/mol. The summed E-state index contributed by atoms with van der Waals surface area (Å²) in [4.78, 5) is 2.75. The topological polar surface area (TPSA) is 15.3 Å². The molecule has 2 heteroatoms. The van der Waals surface area contributed by atoms with E-state index in [2.05, 4.69) is 24.1 Å². The van der Waals surface area contributed by atoms with Gasteiger partial charge in [-0.15, -0.1) is 0 Å². The molecule has 2 aliphatic rings. The van der Waals surface area contributed by atoms with Crippen LogP contribution in [0.3, 0.4) is 0 Å². The lowest BCUT2D eigenvalue weighted by Gasteiger charge is -2.45. The smallest absolute Gasteiger partial charge is 0.0278 e. The van der Waals surface area contributed by atoms with Gasteiger partial charge in [0.05, 0.1) is 0 Å². The molecule has 0 bridgehead atoms. The fourth-order valence-corrected chi connectivity index (χ4v) is 3.08. The molecular weight excluding hydrogens is 184 g/mol. The van der Waals surface area contributed by atoms with E-state index in [4.69, 9.17) is 0 Å². The van der Waals surface area contributed by atoms with Crippen molar-refractivity contribution in [1.29, 1.82) is 0 Å². The summed E-state index contributed by atoms with van der Waals surface area (Å²) in [5.41, 5.74) is 0.371. The maximum absolute atomic E-state index is 3.67. The van der Waals surface area contributed by atoms with Gasteiger partial charge in [-0.2, -0.15) is 0 Å². The summed E-state index contributed by atoms with van der Waals surface area (Å²) < 4.78 is 0. The predicted octanol–water partition coefficient (Wildman–Crippen LogP) is 2.39. The number of hydrogen-bond donors (Lipinski definition) is 1. The fraction of sp³-hybridized carbons (Fsp3) is 1.00. The van der Waals surface area contributed by atoms with Crippen molar-refractivity contribution >= 4 is 0 Å². The minimum Gasteiger partial charge on any atom is -0.309 e. The Bertz CT molecular complexity index is 199. The summed E-state index contributed by atoms with van der Waals surface area (Å²) in [6.07, 6.45) is 8.51. The largest absolute Gasteiger partial charge is 0.309 e. The number of piperazine rings is 1. The van der Waals surface area contributed by atoms with E-state index >= 15 is 0 Å². The molecule has 0 aromatic rings. The lowest BCUT2D eigenvalue weighted by molar-refractivity contribution is 0.0788. The van der Waals surface area contributed by atoms with Crippen LogP contribution in [0.4, 0.5) is 0 Å². The standard InChI is InChI=1S/C13H26N2/c1-3-13(2)11-15(10-9-14-13)12-7-5-4-6-8-12/h12,14H,3-11H2,1-2H3. The average Bonchev–Trinajstić information content (AvgIpc) is 2.30. The molecule has 1 aliphatic carbocycles. The van der Waals surface area contributed by atoms with Gasteiger partial charge in [0.25, 0.3) is 0 Å². The van der Waals surface area contributed by atoms with Crippen molar-refractivity contribution in [3.8, 4) is 0 Å². The Kier molecular flexibility index (Phi) is 3.68. The third-order valence-corrected chi connectivity index (χ3v) is 4.37. The van der Waals surface area contributed by atoms with Crippen LogP contribution in [0, 0.1) is 0 Å². The first-order valence-corrected chi connectivity index (χ1v) is 6.72. The van der Waals surface area contributed by atoms with E-state index in [-0.39, 0.29) is 0 Å². The minimum atomic E-state index is 0.371. The summed E-state index contributed by atoms with van der Waals surface area (Å²) >= 11 is 0. The molecular formula is C13H26N2. The van der Waals surface area contributed by atoms with E-state index < -0.39 is 0 Å². The van der Waals surface area contributed by atoms with Crippen molar-refractivity contribution in [2.24, 2.45) is 0 Å². The molecule has 1 saturated carbocycles. The van der Waals surface area contributed by atoms with E-state index in [1.54, 1.807) is 0 Å². The lowest BCUT2D eigenvalue weighted by Crippen LogP contribution is -2.60. The van der Waals surface area contributed by atoms with Crippen molar-refractivity contribution < 1.29 is 0 Å². The molecule has 2 fully saturated rings. The van der Waals surface area contributed by atoms with Crippen LogP contribution in [0.2, 0.25) is 0 Å². The lowest BCUT2D eigenvalue weighted by atomic mass is 9.90. The highest BCUT2D eigenvalue weighted by Gasteiger charge is 2.32. The predicted molar refractivity (Wildman–Crippen MR) is 65.1 cm³/mol. The van der Waals surface area contributed by atoms with Crippen molar-refractivity contribution in [3.05, 3.63) is 0 Å². The molecule has 1 unspecified atom stereocenters. The molecule has 1 heterocycles. The molecule has 1 atom stereocenters. The number of nitrogens with zero attached hydrogens (tertiary/aromatic N) is 1. The summed E-state index contributed by atoms with van der Waals surface area (Å²) in [7, 11) is 0. The maximum Gasteiger partial charge on any atom is 0.0278 e. The number of hydrogen-bond acceptors (Lipinski definition) is 2. The molecule has 1 aliphatic heterocycles. The van der Waals surface area contributed by atoms with Gasteiger partial charge in [0.1, 0.15) is 0 Å². The summed E-state index contributed by atoms with van der Waals surface area (Å²) in [6.45, 7) is 8.38. The molecule has 1 saturated heterocycles. The Morgan fingerprint density at radius 2 is 2.00 bits per heavy atom. The third-order valence-electron chi connectivity index (χ3n) is 4.37. The Labute approximate surface area is 94.4 Å². The molecule has 2 rings (SSSR count). The van der Waals surface area contributed by atoms with Crippen LogP contribution in [0.15, 0.2) is 0 Å². The van der Waals surface area contributed by atoms with Crippen molar-refractivity contribution in [2.45, 2.75) is 64.0 Å². The van der Waals surface area contributed by atoms with E-state index in [0.717, 1.165) is 6.04 Å². The zero-order valence-corrected chi connectivity index (χ0v) is 10.4. The molecule has 15 heavy (non-hydrogen) atoms. The Balaban J connectivity index is 1.91. The van der Waals surface area contributed by atoms with Gasteiger partial charge in [-0.3, -0.25) is 4.90 Å². The molecule has 0 spiro atoms.